The average molecular weight is 495 g/mol. The molecule has 0 bridgehead atoms. The Morgan fingerprint density at radius 1 is 1.06 bits per heavy atom. The summed E-state index contributed by atoms with van der Waals surface area (Å²) in [6.45, 7) is 3.84. The summed E-state index contributed by atoms with van der Waals surface area (Å²) in [6.07, 6.45) is 1.20. The van der Waals surface area contributed by atoms with E-state index >= 15 is 0 Å². The largest absolute Gasteiger partial charge is 0.445 e. The molecule has 1 aliphatic heterocycles. The highest BCUT2D eigenvalue weighted by atomic mass is 35.6. The van der Waals surface area contributed by atoms with Crippen LogP contribution in [0.5, 0.6) is 0 Å². The lowest BCUT2D eigenvalue weighted by molar-refractivity contribution is 0.0336. The molecule has 0 atom stereocenters. The van der Waals surface area contributed by atoms with Crippen LogP contribution in [0.3, 0.4) is 0 Å². The second-order valence-electron chi connectivity index (χ2n) is 7.45. The summed E-state index contributed by atoms with van der Waals surface area (Å²) < 4.78 is 8.72. The molecule has 1 N–H and O–H groups in total. The summed E-state index contributed by atoms with van der Waals surface area (Å²) in [7, 11) is 0. The maximum Gasteiger partial charge on any atom is 0.411 e. The molecule has 1 aliphatic rings. The van der Waals surface area contributed by atoms with Crippen molar-refractivity contribution in [3.8, 4) is 11.1 Å². The Morgan fingerprint density at radius 2 is 1.81 bits per heavy atom. The summed E-state index contributed by atoms with van der Waals surface area (Å²) in [6, 6.07) is 15.7. The number of morpholine rings is 1. The lowest BCUT2D eigenvalue weighted by atomic mass is 9.98. The number of hydrogen-bond donors (Lipinski definition) is 1. The van der Waals surface area contributed by atoms with Gasteiger partial charge < -0.3 is 9.47 Å². The zero-order valence-corrected chi connectivity index (χ0v) is 19.5. The molecule has 1 fully saturated rings. The third kappa shape index (κ3) is 6.03. The van der Waals surface area contributed by atoms with E-state index in [9.17, 15) is 4.79 Å². The summed E-state index contributed by atoms with van der Waals surface area (Å²) in [4.78, 5) is 19.1. The summed E-state index contributed by atoms with van der Waals surface area (Å²) in [5.74, 6) is 0. The van der Waals surface area contributed by atoms with E-state index in [-0.39, 0.29) is 6.61 Å². The van der Waals surface area contributed by atoms with Crippen LogP contribution < -0.4 is 5.32 Å². The van der Waals surface area contributed by atoms with Crippen LogP contribution in [0.25, 0.3) is 21.9 Å². The SMILES string of the molecule is O=C(Nc1ccc(-c2ccc(CN3CCOCC3)nc2)c2ccccc12)OCC(Cl)(Cl)Cl. The number of ether oxygens (including phenoxy) is 2. The molecule has 1 saturated heterocycles. The number of nitrogens with one attached hydrogen (secondary N) is 1. The Labute approximate surface area is 201 Å². The van der Waals surface area contributed by atoms with Crippen molar-refractivity contribution in [2.45, 2.75) is 10.3 Å². The Kier molecular flexibility index (Phi) is 7.38. The number of alkyl halides is 3. The van der Waals surface area contributed by atoms with Gasteiger partial charge in [0.1, 0.15) is 6.61 Å². The first-order chi connectivity index (χ1) is 15.4. The Morgan fingerprint density at radius 3 is 2.50 bits per heavy atom. The topological polar surface area (TPSA) is 63.7 Å². The van der Waals surface area contributed by atoms with Crippen molar-refractivity contribution in [1.82, 2.24) is 9.88 Å². The molecule has 168 valence electrons. The van der Waals surface area contributed by atoms with Crippen molar-refractivity contribution < 1.29 is 14.3 Å². The quantitative estimate of drug-likeness (QED) is 0.464. The molecule has 4 rings (SSSR count). The van der Waals surface area contributed by atoms with Gasteiger partial charge in [0.05, 0.1) is 24.6 Å². The van der Waals surface area contributed by atoms with Crippen molar-refractivity contribution in [2.75, 3.05) is 38.2 Å². The third-order valence-electron chi connectivity index (χ3n) is 5.15. The molecule has 1 amide bonds. The van der Waals surface area contributed by atoms with Crippen LogP contribution in [0.15, 0.2) is 54.7 Å². The normalized spacial score (nSPS) is 15.0. The van der Waals surface area contributed by atoms with Gasteiger partial charge in [-0.2, -0.15) is 0 Å². The summed E-state index contributed by atoms with van der Waals surface area (Å²) >= 11 is 16.9. The van der Waals surface area contributed by atoms with E-state index in [0.29, 0.717) is 5.69 Å². The second-order valence-corrected chi connectivity index (χ2v) is 9.97. The van der Waals surface area contributed by atoms with E-state index in [4.69, 9.17) is 44.3 Å². The second kappa shape index (κ2) is 10.2. The Balaban J connectivity index is 1.53. The Bertz CT molecular complexity index is 1080. The van der Waals surface area contributed by atoms with Crippen molar-refractivity contribution in [3.05, 3.63) is 60.4 Å². The van der Waals surface area contributed by atoms with Crippen LogP contribution in [-0.4, -0.2) is 52.7 Å². The fourth-order valence-corrected chi connectivity index (χ4v) is 3.78. The third-order valence-corrected chi connectivity index (χ3v) is 5.48. The highest BCUT2D eigenvalue weighted by Gasteiger charge is 2.22. The van der Waals surface area contributed by atoms with Crippen LogP contribution in [0.2, 0.25) is 0 Å². The number of carbonyl (C=O) groups excluding carboxylic acids is 1. The molecule has 9 heteroatoms. The highest BCUT2D eigenvalue weighted by Crippen LogP contribution is 2.33. The smallest absolute Gasteiger partial charge is 0.411 e. The van der Waals surface area contributed by atoms with Crippen LogP contribution in [0.1, 0.15) is 5.69 Å². The van der Waals surface area contributed by atoms with Crippen LogP contribution in [0.4, 0.5) is 10.5 Å². The van der Waals surface area contributed by atoms with Crippen LogP contribution in [-0.2, 0) is 16.0 Å². The van der Waals surface area contributed by atoms with Gasteiger partial charge in [0.25, 0.3) is 0 Å². The van der Waals surface area contributed by atoms with Gasteiger partial charge in [-0.3, -0.25) is 15.2 Å². The molecule has 32 heavy (non-hydrogen) atoms. The first kappa shape index (κ1) is 23.1. The van der Waals surface area contributed by atoms with E-state index in [0.717, 1.165) is 60.4 Å². The zero-order valence-electron chi connectivity index (χ0n) is 17.2. The van der Waals surface area contributed by atoms with Gasteiger partial charge in [-0.05, 0) is 23.1 Å². The molecule has 6 nitrogen and oxygen atoms in total. The molecular formula is C23H22Cl3N3O3. The van der Waals surface area contributed by atoms with Crippen molar-refractivity contribution >= 4 is 57.4 Å². The lowest BCUT2D eigenvalue weighted by Gasteiger charge is -2.26. The van der Waals surface area contributed by atoms with Crippen molar-refractivity contribution in [1.29, 1.82) is 0 Å². The van der Waals surface area contributed by atoms with Gasteiger partial charge >= 0.3 is 6.09 Å². The van der Waals surface area contributed by atoms with Crippen molar-refractivity contribution in [2.24, 2.45) is 0 Å². The molecule has 0 saturated carbocycles. The van der Waals surface area contributed by atoms with Crippen LogP contribution in [0, 0.1) is 0 Å². The fourth-order valence-electron chi connectivity index (χ4n) is 3.62. The van der Waals surface area contributed by atoms with E-state index < -0.39 is 9.89 Å². The number of halogens is 3. The standard InChI is InChI=1S/C23H22Cl3N3O3/c24-23(25,26)15-32-22(30)28-21-8-7-18(19-3-1-2-4-20(19)21)16-5-6-17(27-13-16)14-29-9-11-31-12-10-29/h1-8,13H,9-12,14-15H2,(H,28,30). The minimum absolute atomic E-state index is 0.345. The molecule has 0 spiro atoms. The van der Waals surface area contributed by atoms with E-state index in [2.05, 4.69) is 27.3 Å². The molecule has 2 aromatic carbocycles. The predicted molar refractivity (Wildman–Crippen MR) is 129 cm³/mol. The van der Waals surface area contributed by atoms with E-state index in [1.54, 1.807) is 0 Å². The maximum atomic E-state index is 12.1. The van der Waals surface area contributed by atoms with Crippen LogP contribution >= 0.6 is 34.8 Å². The minimum atomic E-state index is -1.66. The summed E-state index contributed by atoms with van der Waals surface area (Å²) in [5.41, 5.74) is 3.65. The number of aromatic nitrogens is 1. The molecule has 2 heterocycles. The van der Waals surface area contributed by atoms with Gasteiger partial charge in [-0.15, -0.1) is 0 Å². The van der Waals surface area contributed by atoms with Gasteiger partial charge in [-0.1, -0.05) is 71.2 Å². The average Bonchev–Trinajstić information content (AvgIpc) is 2.79. The highest BCUT2D eigenvalue weighted by molar-refractivity contribution is 6.67. The zero-order chi connectivity index (χ0) is 22.6. The molecule has 0 radical (unpaired) electrons. The molecule has 3 aromatic rings. The van der Waals surface area contributed by atoms with Crippen molar-refractivity contribution in [3.63, 3.8) is 0 Å². The number of pyridine rings is 1. The Hall–Kier alpha value is -2.09. The number of carbonyl (C=O) groups is 1. The monoisotopic (exact) mass is 493 g/mol. The van der Waals surface area contributed by atoms with E-state index in [1.807, 2.05) is 42.6 Å². The maximum absolute atomic E-state index is 12.1. The fraction of sp³-hybridized carbons (Fsp3) is 0.304. The van der Waals surface area contributed by atoms with Gasteiger partial charge in [0.15, 0.2) is 0 Å². The van der Waals surface area contributed by atoms with Gasteiger partial charge in [0.2, 0.25) is 3.79 Å². The number of amides is 1. The lowest BCUT2D eigenvalue weighted by Crippen LogP contribution is -2.35. The first-order valence-corrected chi connectivity index (χ1v) is 11.3. The predicted octanol–water partition coefficient (Wildman–Crippen LogP) is 5.65. The molecule has 1 aromatic heterocycles. The van der Waals surface area contributed by atoms with Gasteiger partial charge in [0, 0.05) is 36.8 Å². The first-order valence-electron chi connectivity index (χ1n) is 10.2. The van der Waals surface area contributed by atoms with E-state index in [1.165, 1.54) is 0 Å². The van der Waals surface area contributed by atoms with Gasteiger partial charge in [-0.25, -0.2) is 4.79 Å². The molecule has 0 aliphatic carbocycles. The number of rotatable bonds is 5. The number of nitrogens with zero attached hydrogens (tertiary/aromatic N) is 2. The number of benzene rings is 2. The number of anilines is 1. The molecular weight excluding hydrogens is 473 g/mol. The number of hydrogen-bond acceptors (Lipinski definition) is 5. The summed E-state index contributed by atoms with van der Waals surface area (Å²) in [5, 5.41) is 4.57. The minimum Gasteiger partial charge on any atom is -0.445 e. The molecule has 0 unspecified atom stereocenters. The number of fused-ring (bicyclic) bond motifs is 1.